The molecule has 0 bridgehead atoms. The highest BCUT2D eigenvalue weighted by Gasteiger charge is 2.33. The Bertz CT molecular complexity index is 420. The van der Waals surface area contributed by atoms with Gasteiger partial charge in [-0.3, -0.25) is 4.79 Å². The first-order valence-corrected chi connectivity index (χ1v) is 5.99. The van der Waals surface area contributed by atoms with Gasteiger partial charge in [-0.2, -0.15) is 0 Å². The highest BCUT2D eigenvalue weighted by atomic mass is 16.5. The molecule has 1 heterocycles. The summed E-state index contributed by atoms with van der Waals surface area (Å²) in [6, 6.07) is 3.79. The van der Waals surface area contributed by atoms with Crippen molar-refractivity contribution in [3.05, 3.63) is 23.9 Å². The standard InChI is InChI=1S/C12H18N4O2/c1-18-8-7-16(9-4-5-9)12(17)10-3-2-6-14-11(10)15-13/h2-3,6,9H,4-5,7-8,13H2,1H3,(H,14,15). The summed E-state index contributed by atoms with van der Waals surface area (Å²) in [4.78, 5) is 18.3. The Kier molecular flexibility index (Phi) is 4.11. The molecule has 1 fully saturated rings. The molecule has 1 aromatic heterocycles. The number of carbonyl (C=O) groups is 1. The van der Waals surface area contributed by atoms with E-state index in [1.807, 2.05) is 4.90 Å². The van der Waals surface area contributed by atoms with Crippen molar-refractivity contribution >= 4 is 11.7 Å². The topological polar surface area (TPSA) is 80.5 Å². The summed E-state index contributed by atoms with van der Waals surface area (Å²) < 4.78 is 5.04. The van der Waals surface area contributed by atoms with Crippen molar-refractivity contribution in [1.82, 2.24) is 9.88 Å². The first-order valence-electron chi connectivity index (χ1n) is 5.99. The van der Waals surface area contributed by atoms with Gasteiger partial charge in [0.25, 0.3) is 5.91 Å². The van der Waals surface area contributed by atoms with Gasteiger partial charge in [-0.15, -0.1) is 0 Å². The van der Waals surface area contributed by atoms with Gasteiger partial charge in [0.1, 0.15) is 0 Å². The number of hydrogen-bond donors (Lipinski definition) is 2. The van der Waals surface area contributed by atoms with Crippen molar-refractivity contribution < 1.29 is 9.53 Å². The van der Waals surface area contributed by atoms with Gasteiger partial charge in [0.2, 0.25) is 0 Å². The predicted molar refractivity (Wildman–Crippen MR) is 68.0 cm³/mol. The van der Waals surface area contributed by atoms with Crippen LogP contribution in [0, 0.1) is 0 Å². The molecular weight excluding hydrogens is 232 g/mol. The third-order valence-corrected chi connectivity index (χ3v) is 2.96. The lowest BCUT2D eigenvalue weighted by Crippen LogP contribution is -2.36. The molecule has 1 saturated carbocycles. The van der Waals surface area contributed by atoms with Crippen molar-refractivity contribution in [3.8, 4) is 0 Å². The summed E-state index contributed by atoms with van der Waals surface area (Å²) in [7, 11) is 1.63. The normalized spacial score (nSPS) is 14.3. The third kappa shape index (κ3) is 2.77. The molecule has 98 valence electrons. The first kappa shape index (κ1) is 12.8. The molecule has 0 aliphatic heterocycles. The Balaban J connectivity index is 2.16. The van der Waals surface area contributed by atoms with E-state index < -0.39 is 0 Å². The van der Waals surface area contributed by atoms with Crippen LogP contribution in [0.5, 0.6) is 0 Å². The molecule has 2 rings (SSSR count). The molecule has 18 heavy (non-hydrogen) atoms. The van der Waals surface area contributed by atoms with E-state index in [9.17, 15) is 4.79 Å². The largest absolute Gasteiger partial charge is 0.383 e. The summed E-state index contributed by atoms with van der Waals surface area (Å²) in [5.74, 6) is 5.73. The van der Waals surface area contributed by atoms with Crippen LogP contribution in [0.2, 0.25) is 0 Å². The van der Waals surface area contributed by atoms with Crippen LogP contribution in [-0.2, 0) is 4.74 Å². The van der Waals surface area contributed by atoms with Crippen molar-refractivity contribution in [1.29, 1.82) is 0 Å². The van der Waals surface area contributed by atoms with E-state index in [-0.39, 0.29) is 5.91 Å². The Morgan fingerprint density at radius 3 is 3.06 bits per heavy atom. The van der Waals surface area contributed by atoms with Gasteiger partial charge in [-0.1, -0.05) is 0 Å². The second kappa shape index (κ2) is 5.79. The van der Waals surface area contributed by atoms with Gasteiger partial charge >= 0.3 is 0 Å². The quantitative estimate of drug-likeness (QED) is 0.571. The molecule has 6 nitrogen and oxygen atoms in total. The molecule has 1 aliphatic rings. The fourth-order valence-corrected chi connectivity index (χ4v) is 1.87. The number of nitrogens with zero attached hydrogens (tertiary/aromatic N) is 2. The van der Waals surface area contributed by atoms with E-state index in [1.165, 1.54) is 0 Å². The number of pyridine rings is 1. The molecule has 0 unspecified atom stereocenters. The molecule has 0 spiro atoms. The smallest absolute Gasteiger partial charge is 0.257 e. The second-order valence-corrected chi connectivity index (χ2v) is 4.27. The Morgan fingerprint density at radius 1 is 1.67 bits per heavy atom. The first-order chi connectivity index (χ1) is 8.77. The van der Waals surface area contributed by atoms with Gasteiger partial charge in [0, 0.05) is 25.9 Å². The van der Waals surface area contributed by atoms with E-state index >= 15 is 0 Å². The Labute approximate surface area is 106 Å². The molecule has 1 aromatic rings. The molecule has 0 aromatic carbocycles. The maximum absolute atomic E-state index is 12.4. The Hall–Kier alpha value is -1.66. The van der Waals surface area contributed by atoms with Gasteiger partial charge in [-0.05, 0) is 25.0 Å². The lowest BCUT2D eigenvalue weighted by Gasteiger charge is -2.22. The maximum atomic E-state index is 12.4. The minimum atomic E-state index is -0.0457. The second-order valence-electron chi connectivity index (χ2n) is 4.27. The third-order valence-electron chi connectivity index (χ3n) is 2.96. The molecule has 0 radical (unpaired) electrons. The van der Waals surface area contributed by atoms with Crippen LogP contribution in [0.3, 0.4) is 0 Å². The number of rotatable bonds is 6. The van der Waals surface area contributed by atoms with Gasteiger partial charge in [0.15, 0.2) is 5.82 Å². The van der Waals surface area contributed by atoms with E-state index in [4.69, 9.17) is 10.6 Å². The number of carbonyl (C=O) groups excluding carboxylic acids is 1. The molecular formula is C12H18N4O2. The van der Waals surface area contributed by atoms with Crippen LogP contribution in [0.15, 0.2) is 18.3 Å². The highest BCUT2D eigenvalue weighted by Crippen LogP contribution is 2.28. The monoisotopic (exact) mass is 250 g/mol. The van der Waals surface area contributed by atoms with Crippen LogP contribution in [0.4, 0.5) is 5.82 Å². The number of hydrazine groups is 1. The molecule has 0 saturated heterocycles. The number of aromatic nitrogens is 1. The fraction of sp³-hybridized carbons (Fsp3) is 0.500. The van der Waals surface area contributed by atoms with E-state index in [2.05, 4.69) is 10.4 Å². The molecule has 0 atom stereocenters. The van der Waals surface area contributed by atoms with E-state index in [0.717, 1.165) is 12.8 Å². The van der Waals surface area contributed by atoms with Crippen molar-refractivity contribution in [3.63, 3.8) is 0 Å². The lowest BCUT2D eigenvalue weighted by atomic mass is 10.2. The number of amides is 1. The minimum absolute atomic E-state index is 0.0457. The van der Waals surface area contributed by atoms with Crippen LogP contribution in [0.1, 0.15) is 23.2 Å². The van der Waals surface area contributed by atoms with Crippen LogP contribution in [-0.4, -0.2) is 42.1 Å². The van der Waals surface area contributed by atoms with E-state index in [0.29, 0.717) is 30.6 Å². The summed E-state index contributed by atoms with van der Waals surface area (Å²) in [6.07, 6.45) is 3.71. The molecule has 6 heteroatoms. The lowest BCUT2D eigenvalue weighted by molar-refractivity contribution is 0.0681. The fourth-order valence-electron chi connectivity index (χ4n) is 1.87. The summed E-state index contributed by atoms with van der Waals surface area (Å²) in [5.41, 5.74) is 2.96. The number of nitrogens with one attached hydrogen (secondary N) is 1. The maximum Gasteiger partial charge on any atom is 0.257 e. The number of nitrogens with two attached hydrogens (primary N) is 1. The van der Waals surface area contributed by atoms with Crippen molar-refractivity contribution in [2.24, 2.45) is 5.84 Å². The highest BCUT2D eigenvalue weighted by molar-refractivity contribution is 5.99. The predicted octanol–water partition coefficient (Wildman–Crippen LogP) is 0.618. The van der Waals surface area contributed by atoms with Gasteiger partial charge in [0.05, 0.1) is 12.2 Å². The SMILES string of the molecule is COCCN(C(=O)c1cccnc1NN)C1CC1. The molecule has 3 N–H and O–H groups in total. The number of methoxy groups -OCH3 is 1. The Morgan fingerprint density at radius 2 is 2.44 bits per heavy atom. The zero-order valence-corrected chi connectivity index (χ0v) is 10.4. The summed E-state index contributed by atoms with van der Waals surface area (Å²) >= 11 is 0. The molecule has 1 aliphatic carbocycles. The van der Waals surface area contributed by atoms with Crippen molar-refractivity contribution in [2.45, 2.75) is 18.9 Å². The minimum Gasteiger partial charge on any atom is -0.383 e. The van der Waals surface area contributed by atoms with Gasteiger partial charge in [-0.25, -0.2) is 10.8 Å². The van der Waals surface area contributed by atoms with Crippen molar-refractivity contribution in [2.75, 3.05) is 25.7 Å². The summed E-state index contributed by atoms with van der Waals surface area (Å²) in [5, 5.41) is 0. The van der Waals surface area contributed by atoms with Crippen LogP contribution >= 0.6 is 0 Å². The number of anilines is 1. The van der Waals surface area contributed by atoms with Crippen LogP contribution < -0.4 is 11.3 Å². The molecule has 1 amide bonds. The number of nitrogen functional groups attached to an aromatic ring is 1. The average Bonchev–Trinajstić information content (AvgIpc) is 3.23. The average molecular weight is 250 g/mol. The number of ether oxygens (including phenoxy) is 1. The van der Waals surface area contributed by atoms with Crippen LogP contribution in [0.25, 0.3) is 0 Å². The summed E-state index contributed by atoms with van der Waals surface area (Å²) in [6.45, 7) is 1.13. The zero-order valence-electron chi connectivity index (χ0n) is 10.4. The van der Waals surface area contributed by atoms with Gasteiger partial charge < -0.3 is 15.1 Å². The van der Waals surface area contributed by atoms with E-state index in [1.54, 1.807) is 25.4 Å². The number of hydrogen-bond acceptors (Lipinski definition) is 5. The zero-order chi connectivity index (χ0) is 13.0.